The zero-order valence-corrected chi connectivity index (χ0v) is 17.2. The lowest BCUT2D eigenvalue weighted by Crippen LogP contribution is -2.45. The van der Waals surface area contributed by atoms with Crippen molar-refractivity contribution >= 4 is 12.0 Å². The summed E-state index contributed by atoms with van der Waals surface area (Å²) >= 11 is 0. The molecule has 6 heteroatoms. The molecule has 6 nitrogen and oxygen atoms in total. The quantitative estimate of drug-likeness (QED) is 0.724. The summed E-state index contributed by atoms with van der Waals surface area (Å²) in [6.45, 7) is 8.25. The Kier molecular flexibility index (Phi) is 6.22. The summed E-state index contributed by atoms with van der Waals surface area (Å²) in [5.41, 5.74) is 5.09. The number of hydrogen-bond acceptors (Lipinski definition) is 4. The third kappa shape index (κ3) is 4.77. The first-order valence-corrected chi connectivity index (χ1v) is 9.63. The first-order valence-electron chi connectivity index (χ1n) is 9.63. The maximum atomic E-state index is 12.5. The summed E-state index contributed by atoms with van der Waals surface area (Å²) < 4.78 is 11.2. The van der Waals surface area contributed by atoms with Crippen molar-refractivity contribution in [2.45, 2.75) is 40.3 Å². The van der Waals surface area contributed by atoms with Gasteiger partial charge in [0.05, 0.1) is 18.2 Å². The molecule has 0 saturated carbocycles. The van der Waals surface area contributed by atoms with E-state index in [9.17, 15) is 9.59 Å². The van der Waals surface area contributed by atoms with E-state index in [0.717, 1.165) is 11.1 Å². The molecule has 0 fully saturated rings. The minimum absolute atomic E-state index is 0.259. The Morgan fingerprint density at radius 2 is 1.90 bits per heavy atom. The van der Waals surface area contributed by atoms with E-state index < -0.39 is 12.0 Å². The Morgan fingerprint density at radius 3 is 2.66 bits per heavy atom. The molecular formula is C23H26N2O4. The average molecular weight is 394 g/mol. The van der Waals surface area contributed by atoms with Crippen LogP contribution in [0.2, 0.25) is 0 Å². The molecule has 0 saturated heterocycles. The molecular weight excluding hydrogens is 368 g/mol. The minimum atomic E-state index is -0.605. The minimum Gasteiger partial charge on any atom is -0.489 e. The molecule has 1 aliphatic rings. The number of ether oxygens (including phenoxy) is 2. The maximum absolute atomic E-state index is 12.5. The molecule has 1 heterocycles. The Labute approximate surface area is 170 Å². The average Bonchev–Trinajstić information content (AvgIpc) is 2.68. The zero-order chi connectivity index (χ0) is 21.0. The Bertz CT molecular complexity index is 965. The fraction of sp³-hybridized carbons (Fsp3) is 0.304. The molecule has 1 aliphatic heterocycles. The molecule has 2 aromatic rings. The molecule has 0 spiro atoms. The lowest BCUT2D eigenvalue weighted by molar-refractivity contribution is -0.139. The van der Waals surface area contributed by atoms with Crippen LogP contribution in [0.25, 0.3) is 0 Å². The number of urea groups is 1. The van der Waals surface area contributed by atoms with Crippen LogP contribution in [0.1, 0.15) is 42.1 Å². The molecule has 0 bridgehead atoms. The van der Waals surface area contributed by atoms with E-state index in [4.69, 9.17) is 9.47 Å². The number of rotatable bonds is 6. The highest BCUT2D eigenvalue weighted by molar-refractivity contribution is 5.95. The summed E-state index contributed by atoms with van der Waals surface area (Å²) in [4.78, 5) is 24.5. The van der Waals surface area contributed by atoms with Crippen molar-refractivity contribution in [1.29, 1.82) is 0 Å². The molecule has 2 amide bonds. The van der Waals surface area contributed by atoms with E-state index in [1.807, 2.05) is 24.3 Å². The lowest BCUT2D eigenvalue weighted by atomic mass is 9.95. The van der Waals surface area contributed by atoms with Gasteiger partial charge in [0.15, 0.2) is 0 Å². The largest absolute Gasteiger partial charge is 0.489 e. The number of benzene rings is 2. The van der Waals surface area contributed by atoms with Crippen LogP contribution in [-0.4, -0.2) is 18.6 Å². The van der Waals surface area contributed by atoms with Crippen LogP contribution in [0.5, 0.6) is 5.75 Å². The molecule has 0 aliphatic carbocycles. The summed E-state index contributed by atoms with van der Waals surface area (Å²) in [7, 11) is 0. The second-order valence-electron chi connectivity index (χ2n) is 7.08. The maximum Gasteiger partial charge on any atom is 0.338 e. The molecule has 0 radical (unpaired) electrons. The van der Waals surface area contributed by atoms with Gasteiger partial charge >= 0.3 is 12.0 Å². The van der Waals surface area contributed by atoms with Gasteiger partial charge in [0.25, 0.3) is 0 Å². The van der Waals surface area contributed by atoms with Crippen molar-refractivity contribution in [3.8, 4) is 5.75 Å². The SMILES string of the molecule is CCOC(=O)C1=C(C)NC(=O)NC1c1cccc(OCc2cc(C)ccc2C)c1. The number of aryl methyl sites for hydroxylation is 2. The van der Waals surface area contributed by atoms with Crippen LogP contribution < -0.4 is 15.4 Å². The van der Waals surface area contributed by atoms with Crippen molar-refractivity contribution < 1.29 is 19.1 Å². The molecule has 1 atom stereocenters. The topological polar surface area (TPSA) is 76.7 Å². The van der Waals surface area contributed by atoms with Gasteiger partial charge in [0.2, 0.25) is 0 Å². The van der Waals surface area contributed by atoms with Crippen LogP contribution in [0.3, 0.4) is 0 Å². The van der Waals surface area contributed by atoms with Crippen molar-refractivity contribution in [1.82, 2.24) is 10.6 Å². The second kappa shape index (κ2) is 8.82. The van der Waals surface area contributed by atoms with E-state index in [-0.39, 0.29) is 12.6 Å². The van der Waals surface area contributed by atoms with Crippen molar-refractivity contribution in [3.63, 3.8) is 0 Å². The van der Waals surface area contributed by atoms with Crippen molar-refractivity contribution in [2.24, 2.45) is 0 Å². The standard InChI is InChI=1S/C23H26N2O4/c1-5-28-22(26)20-16(4)24-23(27)25-21(20)17-7-6-8-19(12-17)29-13-18-11-14(2)9-10-15(18)3/h6-12,21H,5,13H2,1-4H3,(H2,24,25,27). The smallest absolute Gasteiger partial charge is 0.338 e. The Balaban J connectivity index is 1.85. The van der Waals surface area contributed by atoms with E-state index in [0.29, 0.717) is 23.6 Å². The molecule has 1 unspecified atom stereocenters. The van der Waals surface area contributed by atoms with Crippen LogP contribution >= 0.6 is 0 Å². The number of allylic oxidation sites excluding steroid dienone is 1. The Hall–Kier alpha value is -3.28. The first-order chi connectivity index (χ1) is 13.9. The third-order valence-corrected chi connectivity index (χ3v) is 4.85. The fourth-order valence-corrected chi connectivity index (χ4v) is 3.32. The number of hydrogen-bond donors (Lipinski definition) is 2. The van der Waals surface area contributed by atoms with Crippen molar-refractivity contribution in [2.75, 3.05) is 6.61 Å². The predicted molar refractivity (Wildman–Crippen MR) is 110 cm³/mol. The first kappa shape index (κ1) is 20.5. The van der Waals surface area contributed by atoms with Gasteiger partial charge in [0.1, 0.15) is 12.4 Å². The van der Waals surface area contributed by atoms with Gasteiger partial charge in [-0.3, -0.25) is 0 Å². The predicted octanol–water partition coefficient (Wildman–Crippen LogP) is 4.07. The van der Waals surface area contributed by atoms with Crippen LogP contribution in [0.4, 0.5) is 4.79 Å². The summed E-state index contributed by atoms with van der Waals surface area (Å²) in [6.07, 6.45) is 0. The highest BCUT2D eigenvalue weighted by atomic mass is 16.5. The van der Waals surface area contributed by atoms with Gasteiger partial charge in [-0.05, 0) is 56.5 Å². The summed E-state index contributed by atoms with van der Waals surface area (Å²) in [6, 6.07) is 12.7. The molecule has 152 valence electrons. The molecule has 2 N–H and O–H groups in total. The molecule has 2 aromatic carbocycles. The second-order valence-corrected chi connectivity index (χ2v) is 7.08. The van der Waals surface area contributed by atoms with E-state index in [1.54, 1.807) is 13.8 Å². The Morgan fingerprint density at radius 1 is 1.10 bits per heavy atom. The summed E-state index contributed by atoms with van der Waals surface area (Å²) in [5.74, 6) is 0.209. The van der Waals surface area contributed by atoms with Gasteiger partial charge in [-0.25, -0.2) is 9.59 Å². The number of carbonyl (C=O) groups excluding carboxylic acids is 2. The molecule has 0 aromatic heterocycles. The number of nitrogens with one attached hydrogen (secondary N) is 2. The number of carbonyl (C=O) groups is 2. The van der Waals surface area contributed by atoms with Gasteiger partial charge in [-0.1, -0.05) is 35.9 Å². The van der Waals surface area contributed by atoms with E-state index >= 15 is 0 Å². The molecule has 29 heavy (non-hydrogen) atoms. The van der Waals surface area contributed by atoms with Gasteiger partial charge in [-0.15, -0.1) is 0 Å². The number of esters is 1. The van der Waals surface area contributed by atoms with Crippen LogP contribution in [0.15, 0.2) is 53.7 Å². The van der Waals surface area contributed by atoms with Gasteiger partial charge in [-0.2, -0.15) is 0 Å². The fourth-order valence-electron chi connectivity index (χ4n) is 3.32. The lowest BCUT2D eigenvalue weighted by Gasteiger charge is -2.28. The number of amides is 2. The van der Waals surface area contributed by atoms with Gasteiger partial charge in [0, 0.05) is 5.70 Å². The van der Waals surface area contributed by atoms with Crippen LogP contribution in [0, 0.1) is 13.8 Å². The van der Waals surface area contributed by atoms with Gasteiger partial charge < -0.3 is 20.1 Å². The van der Waals surface area contributed by atoms with Crippen LogP contribution in [-0.2, 0) is 16.1 Å². The summed E-state index contributed by atoms with van der Waals surface area (Å²) in [5, 5.41) is 5.44. The van der Waals surface area contributed by atoms with E-state index in [1.165, 1.54) is 11.1 Å². The van der Waals surface area contributed by atoms with Crippen molar-refractivity contribution in [3.05, 3.63) is 76.0 Å². The zero-order valence-electron chi connectivity index (χ0n) is 17.2. The highest BCUT2D eigenvalue weighted by Gasteiger charge is 2.32. The normalized spacial score (nSPS) is 16.1. The highest BCUT2D eigenvalue weighted by Crippen LogP contribution is 2.30. The molecule has 3 rings (SSSR count). The van der Waals surface area contributed by atoms with E-state index in [2.05, 4.69) is 42.7 Å². The monoisotopic (exact) mass is 394 g/mol. The third-order valence-electron chi connectivity index (χ3n) is 4.85.